The third kappa shape index (κ3) is 4.60. The average Bonchev–Trinajstić information content (AvgIpc) is 2.97. The monoisotopic (exact) mass is 417 g/mol. The number of carbonyl (C=O) groups excluding carboxylic acids is 3. The van der Waals surface area contributed by atoms with Gasteiger partial charge in [-0.05, 0) is 29.3 Å². The summed E-state index contributed by atoms with van der Waals surface area (Å²) in [6.07, 6.45) is 0.427. The first-order valence-corrected chi connectivity index (χ1v) is 10.5. The normalized spacial score (nSPS) is 13.0. The molecule has 150 valence electrons. The first-order chi connectivity index (χ1) is 14.6. The fraction of sp³-hybridized carbons (Fsp3) is 0.125. The van der Waals surface area contributed by atoms with Gasteiger partial charge in [-0.3, -0.25) is 9.59 Å². The lowest BCUT2D eigenvalue weighted by Gasteiger charge is -2.09. The van der Waals surface area contributed by atoms with Gasteiger partial charge in [0.25, 0.3) is 0 Å². The highest BCUT2D eigenvalue weighted by Crippen LogP contribution is 2.31. The first-order valence-electron chi connectivity index (χ1n) is 9.53. The minimum atomic E-state index is -0.601. The number of ketones is 1. The van der Waals surface area contributed by atoms with E-state index >= 15 is 0 Å². The van der Waals surface area contributed by atoms with Crippen LogP contribution in [0.2, 0.25) is 0 Å². The summed E-state index contributed by atoms with van der Waals surface area (Å²) < 4.78 is 5.20. The van der Waals surface area contributed by atoms with Crippen LogP contribution in [-0.2, 0) is 9.53 Å². The van der Waals surface area contributed by atoms with Gasteiger partial charge in [0.1, 0.15) is 0 Å². The molecule has 4 rings (SSSR count). The van der Waals surface area contributed by atoms with Crippen molar-refractivity contribution in [2.75, 3.05) is 17.7 Å². The first kappa shape index (κ1) is 19.9. The summed E-state index contributed by atoms with van der Waals surface area (Å²) in [5.74, 6) is -0.266. The molecule has 0 unspecified atom stereocenters. The molecule has 30 heavy (non-hydrogen) atoms. The summed E-state index contributed by atoms with van der Waals surface area (Å²) in [5, 5.41) is 2.79. The maximum Gasteiger partial charge on any atom is 0.338 e. The average molecular weight is 417 g/mol. The van der Waals surface area contributed by atoms with Gasteiger partial charge in [0.2, 0.25) is 5.91 Å². The molecule has 1 heterocycles. The van der Waals surface area contributed by atoms with E-state index in [0.717, 1.165) is 16.0 Å². The maximum atomic E-state index is 12.4. The minimum absolute atomic E-state index is 0.0825. The molecule has 0 saturated heterocycles. The smallest absolute Gasteiger partial charge is 0.338 e. The van der Waals surface area contributed by atoms with Gasteiger partial charge in [-0.1, -0.05) is 54.6 Å². The van der Waals surface area contributed by atoms with Gasteiger partial charge < -0.3 is 10.1 Å². The zero-order valence-corrected chi connectivity index (χ0v) is 16.9. The van der Waals surface area contributed by atoms with Gasteiger partial charge in [-0.2, -0.15) is 0 Å². The Kier molecular flexibility index (Phi) is 5.95. The third-order valence-electron chi connectivity index (χ3n) is 4.72. The Morgan fingerprint density at radius 2 is 1.60 bits per heavy atom. The van der Waals surface area contributed by atoms with Crippen LogP contribution in [-0.4, -0.2) is 30.0 Å². The van der Waals surface area contributed by atoms with Crippen LogP contribution in [0, 0.1) is 0 Å². The van der Waals surface area contributed by atoms with Crippen LogP contribution >= 0.6 is 11.8 Å². The second-order valence-corrected chi connectivity index (χ2v) is 7.94. The lowest BCUT2D eigenvalue weighted by molar-refractivity contribution is -0.115. The Morgan fingerprint density at radius 3 is 2.37 bits per heavy atom. The van der Waals surface area contributed by atoms with E-state index in [4.69, 9.17) is 4.74 Å². The summed E-state index contributed by atoms with van der Waals surface area (Å²) in [5.41, 5.74) is 3.45. The molecule has 1 amide bonds. The highest BCUT2D eigenvalue weighted by molar-refractivity contribution is 7.99. The summed E-state index contributed by atoms with van der Waals surface area (Å²) in [7, 11) is 0. The van der Waals surface area contributed by atoms with Gasteiger partial charge in [0.15, 0.2) is 12.4 Å². The van der Waals surface area contributed by atoms with Gasteiger partial charge in [0, 0.05) is 22.6 Å². The maximum absolute atomic E-state index is 12.4. The van der Waals surface area contributed by atoms with Crippen molar-refractivity contribution < 1.29 is 19.1 Å². The number of fused-ring (bicyclic) bond motifs is 1. The number of thioether (sulfide) groups is 1. The van der Waals surface area contributed by atoms with Crippen LogP contribution in [0.1, 0.15) is 27.1 Å². The molecular weight excluding hydrogens is 398 g/mol. The number of amides is 1. The highest BCUT2D eigenvalue weighted by atomic mass is 32.2. The van der Waals surface area contributed by atoms with Crippen molar-refractivity contribution >= 4 is 35.1 Å². The van der Waals surface area contributed by atoms with Crippen LogP contribution in [0.4, 0.5) is 5.69 Å². The molecule has 0 aliphatic carbocycles. The lowest BCUT2D eigenvalue weighted by atomic mass is 10.0. The van der Waals surface area contributed by atoms with Gasteiger partial charge in [-0.15, -0.1) is 11.8 Å². The van der Waals surface area contributed by atoms with E-state index < -0.39 is 5.97 Å². The summed E-state index contributed by atoms with van der Waals surface area (Å²) in [4.78, 5) is 37.4. The Labute approximate surface area is 178 Å². The number of hydrogen-bond donors (Lipinski definition) is 1. The molecule has 6 heteroatoms. The third-order valence-corrected chi connectivity index (χ3v) is 5.80. The summed E-state index contributed by atoms with van der Waals surface area (Å²) in [6.45, 7) is -0.346. The number of hydrogen-bond acceptors (Lipinski definition) is 5. The number of anilines is 1. The van der Waals surface area contributed by atoms with Crippen molar-refractivity contribution in [2.45, 2.75) is 11.3 Å². The fourth-order valence-corrected chi connectivity index (χ4v) is 4.06. The molecule has 1 N–H and O–H groups in total. The quantitative estimate of drug-likeness (QED) is 0.476. The Morgan fingerprint density at radius 1 is 0.900 bits per heavy atom. The number of nitrogens with one attached hydrogen (secondary N) is 1. The molecule has 3 aromatic carbocycles. The molecule has 0 fully saturated rings. The number of ether oxygens (including phenoxy) is 1. The zero-order valence-electron chi connectivity index (χ0n) is 16.1. The van der Waals surface area contributed by atoms with Crippen LogP contribution < -0.4 is 5.32 Å². The Hall–Kier alpha value is -3.38. The van der Waals surface area contributed by atoms with E-state index in [1.54, 1.807) is 42.1 Å². The number of carbonyl (C=O) groups is 3. The molecule has 0 radical (unpaired) electrons. The van der Waals surface area contributed by atoms with Crippen molar-refractivity contribution in [1.82, 2.24) is 0 Å². The standard InChI is InChI=1S/C24H19NO4S/c26-21(18-8-6-17(7-9-18)16-4-2-1-3-5-16)15-29-24(28)19-10-11-22-20(14-19)25-23(27)12-13-30-22/h1-11,14H,12-13,15H2,(H,25,27). The zero-order chi connectivity index (χ0) is 20.9. The molecule has 3 aromatic rings. The minimum Gasteiger partial charge on any atom is -0.454 e. The van der Waals surface area contributed by atoms with Crippen LogP contribution in [0.25, 0.3) is 11.1 Å². The Bertz CT molecular complexity index is 1090. The second kappa shape index (κ2) is 8.97. The predicted molar refractivity (Wildman–Crippen MR) is 117 cm³/mol. The molecule has 0 aromatic heterocycles. The molecule has 5 nitrogen and oxygen atoms in total. The number of Topliss-reactive ketones (excluding diaryl/α,β-unsaturated/α-hetero) is 1. The molecule has 0 spiro atoms. The van der Waals surface area contributed by atoms with Crippen LogP contribution in [0.5, 0.6) is 0 Å². The molecule has 1 aliphatic rings. The van der Waals surface area contributed by atoms with Crippen molar-refractivity contribution in [1.29, 1.82) is 0 Å². The lowest BCUT2D eigenvalue weighted by Crippen LogP contribution is -2.15. The van der Waals surface area contributed by atoms with Crippen molar-refractivity contribution in [3.05, 3.63) is 83.9 Å². The van der Waals surface area contributed by atoms with Crippen LogP contribution in [0.3, 0.4) is 0 Å². The van der Waals surface area contributed by atoms with E-state index in [9.17, 15) is 14.4 Å². The SMILES string of the molecule is O=C1CCSc2ccc(C(=O)OCC(=O)c3ccc(-c4ccccc4)cc3)cc2N1. The van der Waals surface area contributed by atoms with Crippen molar-refractivity contribution in [2.24, 2.45) is 0 Å². The van der Waals surface area contributed by atoms with E-state index in [1.807, 2.05) is 42.5 Å². The van der Waals surface area contributed by atoms with E-state index in [0.29, 0.717) is 29.0 Å². The van der Waals surface area contributed by atoms with Crippen molar-refractivity contribution in [3.63, 3.8) is 0 Å². The Balaban J connectivity index is 1.39. The predicted octanol–water partition coefficient (Wildman–Crippen LogP) is 4.83. The summed E-state index contributed by atoms with van der Waals surface area (Å²) >= 11 is 1.56. The molecule has 1 aliphatic heterocycles. The van der Waals surface area contributed by atoms with E-state index in [-0.39, 0.29) is 18.3 Å². The number of rotatable bonds is 5. The van der Waals surface area contributed by atoms with Crippen LogP contribution in [0.15, 0.2) is 77.7 Å². The van der Waals surface area contributed by atoms with Gasteiger partial charge in [0.05, 0.1) is 11.3 Å². The fourth-order valence-electron chi connectivity index (χ4n) is 3.12. The van der Waals surface area contributed by atoms with E-state index in [1.165, 1.54) is 0 Å². The molecule has 0 atom stereocenters. The van der Waals surface area contributed by atoms with Gasteiger partial charge >= 0.3 is 5.97 Å². The summed E-state index contributed by atoms with van der Waals surface area (Å²) in [6, 6.07) is 22.1. The largest absolute Gasteiger partial charge is 0.454 e. The number of esters is 1. The second-order valence-electron chi connectivity index (χ2n) is 6.80. The molecule has 0 saturated carbocycles. The van der Waals surface area contributed by atoms with E-state index in [2.05, 4.69) is 5.32 Å². The molecule has 0 bridgehead atoms. The molecular formula is C24H19NO4S. The topological polar surface area (TPSA) is 72.5 Å². The highest BCUT2D eigenvalue weighted by Gasteiger charge is 2.17. The van der Waals surface area contributed by atoms with Gasteiger partial charge in [-0.25, -0.2) is 4.79 Å². The van der Waals surface area contributed by atoms with Crippen molar-refractivity contribution in [3.8, 4) is 11.1 Å². The number of benzene rings is 3.